The fourth-order valence-electron chi connectivity index (χ4n) is 2.33. The number of hydrogen-bond acceptors (Lipinski definition) is 4. The topological polar surface area (TPSA) is 61.4 Å². The van der Waals surface area contributed by atoms with Crippen molar-refractivity contribution >= 4 is 10.0 Å². The number of nitrogens with zero attached hydrogens (tertiary/aromatic N) is 1. The highest BCUT2D eigenvalue weighted by atomic mass is 32.2. The van der Waals surface area contributed by atoms with Crippen molar-refractivity contribution in [1.29, 1.82) is 0 Å². The van der Waals surface area contributed by atoms with Crippen LogP contribution in [0.2, 0.25) is 0 Å². The van der Waals surface area contributed by atoms with Gasteiger partial charge in [-0.3, -0.25) is 0 Å². The second-order valence-corrected chi connectivity index (χ2v) is 7.46. The predicted molar refractivity (Wildman–Crippen MR) is 79.8 cm³/mol. The number of nitrogens with one attached hydrogen (secondary N) is 2. The third kappa shape index (κ3) is 6.70. The van der Waals surface area contributed by atoms with Crippen molar-refractivity contribution in [2.75, 3.05) is 39.0 Å². The van der Waals surface area contributed by atoms with Crippen molar-refractivity contribution in [3.8, 4) is 0 Å². The van der Waals surface area contributed by atoms with Crippen molar-refractivity contribution < 1.29 is 8.42 Å². The molecule has 0 bridgehead atoms. The lowest BCUT2D eigenvalue weighted by atomic mass is 10.0. The van der Waals surface area contributed by atoms with Gasteiger partial charge in [0.1, 0.15) is 0 Å². The molecular formula is C13H29N3O2S. The van der Waals surface area contributed by atoms with Crippen LogP contribution in [0.4, 0.5) is 0 Å². The van der Waals surface area contributed by atoms with Gasteiger partial charge in [0.05, 0.1) is 5.75 Å². The molecule has 19 heavy (non-hydrogen) atoms. The van der Waals surface area contributed by atoms with Gasteiger partial charge >= 0.3 is 0 Å². The van der Waals surface area contributed by atoms with E-state index in [9.17, 15) is 8.42 Å². The van der Waals surface area contributed by atoms with Crippen molar-refractivity contribution in [2.24, 2.45) is 5.92 Å². The second kappa shape index (κ2) is 8.19. The lowest BCUT2D eigenvalue weighted by Crippen LogP contribution is -2.40. The van der Waals surface area contributed by atoms with Crippen molar-refractivity contribution in [1.82, 2.24) is 14.9 Å². The van der Waals surface area contributed by atoms with Gasteiger partial charge in [0, 0.05) is 19.1 Å². The Bertz CT molecular complexity index is 340. The maximum absolute atomic E-state index is 12.0. The molecule has 1 unspecified atom stereocenters. The molecule has 1 aliphatic rings. The molecule has 0 aromatic rings. The van der Waals surface area contributed by atoms with Crippen LogP contribution in [0.1, 0.15) is 33.1 Å². The van der Waals surface area contributed by atoms with Gasteiger partial charge in [-0.15, -0.1) is 0 Å². The van der Waals surface area contributed by atoms with Crippen LogP contribution in [0, 0.1) is 5.92 Å². The molecule has 1 heterocycles. The van der Waals surface area contributed by atoms with E-state index in [0.29, 0.717) is 18.5 Å². The molecule has 1 saturated heterocycles. The molecule has 1 aliphatic heterocycles. The SMILES string of the molecule is CCC(C)N(C)CCNS(=O)(=O)CC1CCNCC1. The van der Waals surface area contributed by atoms with Gasteiger partial charge in [0.2, 0.25) is 10.0 Å². The molecule has 0 radical (unpaired) electrons. The molecule has 5 nitrogen and oxygen atoms in total. The minimum absolute atomic E-state index is 0.279. The summed E-state index contributed by atoms with van der Waals surface area (Å²) in [5, 5.41) is 3.26. The maximum Gasteiger partial charge on any atom is 0.211 e. The lowest BCUT2D eigenvalue weighted by Gasteiger charge is -2.24. The number of hydrogen-bond donors (Lipinski definition) is 2. The molecule has 0 aromatic heterocycles. The summed E-state index contributed by atoms with van der Waals surface area (Å²) < 4.78 is 26.7. The van der Waals surface area contributed by atoms with Gasteiger partial charge in [0.15, 0.2) is 0 Å². The van der Waals surface area contributed by atoms with E-state index in [2.05, 4.69) is 28.8 Å². The Balaban J connectivity index is 2.26. The first kappa shape index (κ1) is 16.9. The maximum atomic E-state index is 12.0. The van der Waals surface area contributed by atoms with E-state index in [4.69, 9.17) is 0 Å². The Morgan fingerprint density at radius 1 is 1.37 bits per heavy atom. The van der Waals surface area contributed by atoms with E-state index in [0.717, 1.165) is 38.9 Å². The molecule has 0 aliphatic carbocycles. The normalized spacial score (nSPS) is 19.8. The van der Waals surface area contributed by atoms with E-state index in [1.54, 1.807) is 0 Å². The summed E-state index contributed by atoms with van der Waals surface area (Å²) in [6.45, 7) is 7.45. The predicted octanol–water partition coefficient (Wildman–Crippen LogP) is 0.636. The lowest BCUT2D eigenvalue weighted by molar-refractivity contribution is 0.256. The zero-order chi connectivity index (χ0) is 14.3. The van der Waals surface area contributed by atoms with E-state index in [1.165, 1.54) is 0 Å². The summed E-state index contributed by atoms with van der Waals surface area (Å²) in [6.07, 6.45) is 3.01. The third-order valence-electron chi connectivity index (χ3n) is 4.04. The molecule has 1 atom stereocenters. The van der Waals surface area contributed by atoms with E-state index in [1.807, 2.05) is 7.05 Å². The van der Waals surface area contributed by atoms with Gasteiger partial charge in [0.25, 0.3) is 0 Å². The quantitative estimate of drug-likeness (QED) is 0.689. The van der Waals surface area contributed by atoms with Gasteiger partial charge in [-0.2, -0.15) is 0 Å². The van der Waals surface area contributed by atoms with Crippen molar-refractivity contribution in [2.45, 2.75) is 39.2 Å². The van der Waals surface area contributed by atoms with Gasteiger partial charge in [-0.25, -0.2) is 13.1 Å². The van der Waals surface area contributed by atoms with Crippen LogP contribution < -0.4 is 10.0 Å². The first-order chi connectivity index (χ1) is 8.94. The number of piperidine rings is 1. The van der Waals surface area contributed by atoms with Crippen molar-refractivity contribution in [3.05, 3.63) is 0 Å². The Hall–Kier alpha value is -0.170. The van der Waals surface area contributed by atoms with Crippen molar-refractivity contribution in [3.63, 3.8) is 0 Å². The minimum Gasteiger partial charge on any atom is -0.317 e. The smallest absolute Gasteiger partial charge is 0.211 e. The summed E-state index contributed by atoms with van der Waals surface area (Å²) in [6, 6.07) is 0.494. The Morgan fingerprint density at radius 2 is 2.00 bits per heavy atom. The molecule has 1 fully saturated rings. The van der Waals surface area contributed by atoms with Crippen LogP contribution in [0.15, 0.2) is 0 Å². The summed E-state index contributed by atoms with van der Waals surface area (Å²) in [7, 11) is -1.08. The first-order valence-corrected chi connectivity index (χ1v) is 8.98. The van der Waals surface area contributed by atoms with Crippen LogP contribution in [-0.2, 0) is 10.0 Å². The first-order valence-electron chi connectivity index (χ1n) is 7.33. The Morgan fingerprint density at radius 3 is 2.58 bits per heavy atom. The Kier molecular flexibility index (Phi) is 7.28. The molecule has 0 aromatic carbocycles. The molecule has 0 spiro atoms. The van der Waals surface area contributed by atoms with Crippen LogP contribution in [0.3, 0.4) is 0 Å². The van der Waals surface area contributed by atoms with Crippen LogP contribution in [0.25, 0.3) is 0 Å². The standard InChI is InChI=1S/C13H29N3O2S/c1-4-12(2)16(3)10-9-15-19(17,18)11-13-5-7-14-8-6-13/h12-15H,4-11H2,1-3H3. The average Bonchev–Trinajstić information content (AvgIpc) is 2.38. The molecule has 2 N–H and O–H groups in total. The fraction of sp³-hybridized carbons (Fsp3) is 1.00. The molecule has 0 amide bonds. The molecular weight excluding hydrogens is 262 g/mol. The van der Waals surface area contributed by atoms with Crippen LogP contribution >= 0.6 is 0 Å². The highest BCUT2D eigenvalue weighted by Crippen LogP contribution is 2.13. The van der Waals surface area contributed by atoms with E-state index < -0.39 is 10.0 Å². The molecule has 114 valence electrons. The van der Waals surface area contributed by atoms with E-state index in [-0.39, 0.29) is 5.75 Å². The minimum atomic E-state index is -3.11. The van der Waals surface area contributed by atoms with E-state index >= 15 is 0 Å². The second-order valence-electron chi connectivity index (χ2n) is 5.61. The summed E-state index contributed by atoms with van der Waals surface area (Å²) in [4.78, 5) is 2.19. The Labute approximate surface area is 118 Å². The zero-order valence-electron chi connectivity index (χ0n) is 12.5. The fourth-order valence-corrected chi connectivity index (χ4v) is 3.80. The number of rotatable bonds is 8. The zero-order valence-corrected chi connectivity index (χ0v) is 13.3. The molecule has 6 heteroatoms. The summed E-state index contributed by atoms with van der Waals surface area (Å²) >= 11 is 0. The van der Waals surface area contributed by atoms with Gasteiger partial charge < -0.3 is 10.2 Å². The molecule has 0 saturated carbocycles. The highest BCUT2D eigenvalue weighted by molar-refractivity contribution is 7.89. The molecule has 1 rings (SSSR count). The summed E-state index contributed by atoms with van der Waals surface area (Å²) in [5.74, 6) is 0.591. The third-order valence-corrected chi connectivity index (χ3v) is 5.60. The number of sulfonamides is 1. The van der Waals surface area contributed by atoms with Gasteiger partial charge in [-0.05, 0) is 52.2 Å². The average molecular weight is 291 g/mol. The highest BCUT2D eigenvalue weighted by Gasteiger charge is 2.20. The monoisotopic (exact) mass is 291 g/mol. The number of likely N-dealkylation sites (N-methyl/N-ethyl adjacent to an activating group) is 1. The van der Waals surface area contributed by atoms with Crippen LogP contribution in [-0.4, -0.2) is 58.3 Å². The van der Waals surface area contributed by atoms with Crippen LogP contribution in [0.5, 0.6) is 0 Å². The largest absolute Gasteiger partial charge is 0.317 e. The summed E-state index contributed by atoms with van der Waals surface area (Å²) in [5.41, 5.74) is 0. The van der Waals surface area contributed by atoms with Gasteiger partial charge in [-0.1, -0.05) is 6.92 Å².